The summed E-state index contributed by atoms with van der Waals surface area (Å²) in [6.07, 6.45) is 0.866. The average molecular weight is 477 g/mol. The van der Waals surface area contributed by atoms with E-state index >= 15 is 0 Å². The monoisotopic (exact) mass is 476 g/mol. The van der Waals surface area contributed by atoms with Gasteiger partial charge in [-0.3, -0.25) is 14.5 Å². The van der Waals surface area contributed by atoms with Gasteiger partial charge in [0.05, 0.1) is 36.3 Å². The maximum Gasteiger partial charge on any atom is 0.290 e. The first-order chi connectivity index (χ1) is 16.9. The fourth-order valence-corrected chi connectivity index (χ4v) is 5.00. The molecule has 0 N–H and O–H groups in total. The van der Waals surface area contributed by atoms with Crippen LogP contribution in [0, 0.1) is 6.92 Å². The number of fused-ring (bicyclic) bond motifs is 2. The van der Waals surface area contributed by atoms with Gasteiger partial charge in [-0.1, -0.05) is 23.8 Å². The lowest BCUT2D eigenvalue weighted by molar-refractivity contribution is 0.0353. The first kappa shape index (κ1) is 23.6. The number of nitrogens with zero attached hydrogens (tertiary/aromatic N) is 2. The van der Waals surface area contributed by atoms with Crippen molar-refractivity contribution in [2.24, 2.45) is 0 Å². The van der Waals surface area contributed by atoms with Gasteiger partial charge in [-0.2, -0.15) is 0 Å². The van der Waals surface area contributed by atoms with E-state index in [0.29, 0.717) is 23.1 Å². The van der Waals surface area contributed by atoms with Crippen LogP contribution in [-0.2, 0) is 4.74 Å². The van der Waals surface area contributed by atoms with E-state index in [1.54, 1.807) is 11.0 Å². The highest BCUT2D eigenvalue weighted by Gasteiger charge is 2.42. The van der Waals surface area contributed by atoms with E-state index in [1.165, 1.54) is 0 Å². The molecule has 184 valence electrons. The zero-order chi connectivity index (χ0) is 24.5. The molecule has 2 aromatic carbocycles. The summed E-state index contributed by atoms with van der Waals surface area (Å²) in [5.41, 5.74) is 2.59. The number of hydrogen-bond donors (Lipinski definition) is 0. The minimum absolute atomic E-state index is 0.0629. The van der Waals surface area contributed by atoms with E-state index in [-0.39, 0.29) is 23.2 Å². The van der Waals surface area contributed by atoms with Crippen LogP contribution in [0.1, 0.15) is 53.6 Å². The predicted octanol–water partition coefficient (Wildman–Crippen LogP) is 4.16. The zero-order valence-electron chi connectivity index (χ0n) is 20.6. The minimum Gasteiger partial charge on any atom is -0.491 e. The Balaban J connectivity index is 1.51. The number of carbonyl (C=O) groups is 1. The van der Waals surface area contributed by atoms with Crippen molar-refractivity contribution in [3.05, 3.63) is 75.1 Å². The largest absolute Gasteiger partial charge is 0.491 e. The van der Waals surface area contributed by atoms with Crippen LogP contribution in [0.3, 0.4) is 0 Å². The first-order valence-electron chi connectivity index (χ1n) is 12.4. The van der Waals surface area contributed by atoms with Gasteiger partial charge in [0.1, 0.15) is 11.3 Å². The van der Waals surface area contributed by atoms with Gasteiger partial charge >= 0.3 is 0 Å². The molecule has 5 rings (SSSR count). The van der Waals surface area contributed by atoms with Crippen LogP contribution < -0.4 is 10.2 Å². The van der Waals surface area contributed by atoms with Crippen LogP contribution in [0.4, 0.5) is 0 Å². The van der Waals surface area contributed by atoms with E-state index in [4.69, 9.17) is 13.9 Å². The third-order valence-electron chi connectivity index (χ3n) is 6.67. The van der Waals surface area contributed by atoms with Gasteiger partial charge in [0.25, 0.3) is 5.91 Å². The molecule has 0 radical (unpaired) electrons. The zero-order valence-corrected chi connectivity index (χ0v) is 20.6. The number of amides is 1. The highest BCUT2D eigenvalue weighted by Crippen LogP contribution is 2.38. The minimum atomic E-state index is -0.489. The summed E-state index contributed by atoms with van der Waals surface area (Å²) in [6.45, 7) is 10.6. The van der Waals surface area contributed by atoms with Crippen LogP contribution in [0.25, 0.3) is 11.0 Å². The molecule has 1 saturated heterocycles. The Bertz CT molecular complexity index is 1270. The van der Waals surface area contributed by atoms with Crippen LogP contribution >= 0.6 is 0 Å². The van der Waals surface area contributed by atoms with E-state index in [9.17, 15) is 9.59 Å². The van der Waals surface area contributed by atoms with E-state index in [0.717, 1.165) is 56.1 Å². The summed E-state index contributed by atoms with van der Waals surface area (Å²) in [7, 11) is 0. The highest BCUT2D eigenvalue weighted by atomic mass is 16.5. The third-order valence-corrected chi connectivity index (χ3v) is 6.67. The topological polar surface area (TPSA) is 72.2 Å². The lowest BCUT2D eigenvalue weighted by Crippen LogP contribution is -2.38. The Morgan fingerprint density at radius 1 is 1.03 bits per heavy atom. The number of morpholine rings is 1. The number of carbonyl (C=O) groups excluding carboxylic acids is 1. The lowest BCUT2D eigenvalue weighted by Gasteiger charge is -2.29. The molecular formula is C28H32N2O5. The molecular weight excluding hydrogens is 444 g/mol. The molecule has 1 atom stereocenters. The van der Waals surface area contributed by atoms with Crippen molar-refractivity contribution in [3.8, 4) is 5.75 Å². The third kappa shape index (κ3) is 4.70. The second-order valence-electron chi connectivity index (χ2n) is 9.62. The van der Waals surface area contributed by atoms with Crippen molar-refractivity contribution in [1.29, 1.82) is 0 Å². The summed E-state index contributed by atoms with van der Waals surface area (Å²) in [5, 5.41) is 0.511. The van der Waals surface area contributed by atoms with Crippen molar-refractivity contribution >= 4 is 16.9 Å². The van der Waals surface area contributed by atoms with E-state index < -0.39 is 6.04 Å². The predicted molar refractivity (Wildman–Crippen MR) is 134 cm³/mol. The van der Waals surface area contributed by atoms with Crippen LogP contribution in [0.15, 0.2) is 51.7 Å². The molecule has 1 amide bonds. The molecule has 35 heavy (non-hydrogen) atoms. The molecule has 1 fully saturated rings. The first-order valence-corrected chi connectivity index (χ1v) is 12.4. The van der Waals surface area contributed by atoms with Crippen molar-refractivity contribution in [1.82, 2.24) is 9.80 Å². The second-order valence-corrected chi connectivity index (χ2v) is 9.62. The maximum absolute atomic E-state index is 13.7. The smallest absolute Gasteiger partial charge is 0.290 e. The maximum atomic E-state index is 13.7. The van der Waals surface area contributed by atoms with Crippen molar-refractivity contribution < 1.29 is 18.7 Å². The fraction of sp³-hybridized carbons (Fsp3) is 0.429. The number of ether oxygens (including phenoxy) is 2. The lowest BCUT2D eigenvalue weighted by atomic mass is 9.98. The Morgan fingerprint density at radius 2 is 1.77 bits per heavy atom. The molecule has 0 spiro atoms. The highest BCUT2D eigenvalue weighted by molar-refractivity contribution is 5.99. The second kappa shape index (κ2) is 9.84. The Hall–Kier alpha value is -3.16. The normalized spacial score (nSPS) is 18.5. The molecule has 0 bridgehead atoms. The summed E-state index contributed by atoms with van der Waals surface area (Å²) in [5.74, 6) is 0.688. The van der Waals surface area contributed by atoms with Gasteiger partial charge < -0.3 is 18.8 Å². The van der Waals surface area contributed by atoms with Gasteiger partial charge in [0, 0.05) is 26.2 Å². The molecule has 7 heteroatoms. The van der Waals surface area contributed by atoms with Gasteiger partial charge in [-0.05, 0) is 57.0 Å². The molecule has 1 aromatic heterocycles. The Kier molecular flexibility index (Phi) is 6.62. The Labute approximate surface area is 205 Å². The summed E-state index contributed by atoms with van der Waals surface area (Å²) < 4.78 is 17.3. The number of aryl methyl sites for hydroxylation is 1. The van der Waals surface area contributed by atoms with E-state index in [2.05, 4.69) is 4.90 Å². The van der Waals surface area contributed by atoms with E-state index in [1.807, 2.05) is 57.2 Å². The molecule has 0 aliphatic carbocycles. The molecule has 0 saturated carbocycles. The van der Waals surface area contributed by atoms with Gasteiger partial charge in [0.15, 0.2) is 5.43 Å². The van der Waals surface area contributed by atoms with Crippen LogP contribution in [0.2, 0.25) is 0 Å². The van der Waals surface area contributed by atoms with Crippen molar-refractivity contribution in [2.75, 3.05) is 39.4 Å². The molecule has 3 aromatic rings. The van der Waals surface area contributed by atoms with Crippen LogP contribution in [-0.4, -0.2) is 61.2 Å². The van der Waals surface area contributed by atoms with Crippen molar-refractivity contribution in [2.45, 2.75) is 39.3 Å². The summed E-state index contributed by atoms with van der Waals surface area (Å²) in [4.78, 5) is 31.4. The SMILES string of the molecule is Cc1ccc2oc3c(c(=O)c2c1)C(c1ccc(OC(C)C)cc1)N(CCCN1CCOCC1)C3=O. The number of benzene rings is 2. The van der Waals surface area contributed by atoms with Crippen LogP contribution in [0.5, 0.6) is 5.75 Å². The standard InChI is InChI=1S/C28H32N2O5/c1-18(2)34-21-8-6-20(7-9-21)25-24-26(31)22-17-19(3)5-10-23(22)35-27(24)28(32)30(25)12-4-11-29-13-15-33-16-14-29/h5-10,17-18,25H,4,11-16H2,1-3H3. The van der Waals surface area contributed by atoms with Gasteiger partial charge in [0.2, 0.25) is 5.76 Å². The Morgan fingerprint density at radius 3 is 2.49 bits per heavy atom. The molecule has 2 aliphatic heterocycles. The summed E-state index contributed by atoms with van der Waals surface area (Å²) >= 11 is 0. The summed E-state index contributed by atoms with van der Waals surface area (Å²) in [6, 6.07) is 12.7. The average Bonchev–Trinajstić information content (AvgIpc) is 3.12. The van der Waals surface area contributed by atoms with Gasteiger partial charge in [-0.15, -0.1) is 0 Å². The quantitative estimate of drug-likeness (QED) is 0.510. The molecule has 2 aliphatic rings. The molecule has 7 nitrogen and oxygen atoms in total. The fourth-order valence-electron chi connectivity index (χ4n) is 5.00. The van der Waals surface area contributed by atoms with Crippen molar-refractivity contribution in [3.63, 3.8) is 0 Å². The number of hydrogen-bond acceptors (Lipinski definition) is 6. The molecule has 1 unspecified atom stereocenters. The number of rotatable bonds is 7. The molecule has 3 heterocycles. The van der Waals surface area contributed by atoms with Gasteiger partial charge in [-0.25, -0.2) is 0 Å².